The fourth-order valence-electron chi connectivity index (χ4n) is 3.69. The van der Waals surface area contributed by atoms with E-state index in [4.69, 9.17) is 0 Å². The van der Waals surface area contributed by atoms with Gasteiger partial charge in [0, 0.05) is 11.1 Å². The standard InChI is InChI=1S/C28H15F9O/c1-14-2-4-15(5-3-14)16-6-8-19(20(29)10-16)18-12-22(31)25(23(32)13-18)27(34)26(33)17-7-9-24(21(30)11-17)38-28(35,36)37/h2-13H,1H3/b27-26+. The molecule has 0 bridgehead atoms. The molecule has 0 aromatic heterocycles. The Balaban J connectivity index is 1.68. The van der Waals surface area contributed by atoms with Gasteiger partial charge in [0.1, 0.15) is 17.5 Å². The first-order valence-corrected chi connectivity index (χ1v) is 10.8. The van der Waals surface area contributed by atoms with Gasteiger partial charge in [0.2, 0.25) is 0 Å². The van der Waals surface area contributed by atoms with E-state index in [0.717, 1.165) is 11.6 Å². The monoisotopic (exact) mass is 538 g/mol. The minimum atomic E-state index is -5.24. The smallest absolute Gasteiger partial charge is 0.403 e. The fraction of sp³-hybridized carbons (Fsp3) is 0.0714. The highest BCUT2D eigenvalue weighted by Gasteiger charge is 2.32. The second-order valence-electron chi connectivity index (χ2n) is 8.20. The molecular weight excluding hydrogens is 523 g/mol. The largest absolute Gasteiger partial charge is 0.573 e. The first-order valence-electron chi connectivity index (χ1n) is 10.8. The van der Waals surface area contributed by atoms with Crippen LogP contribution in [0.15, 0.2) is 72.8 Å². The minimum Gasteiger partial charge on any atom is -0.403 e. The maximum atomic E-state index is 14.8. The third-order valence-electron chi connectivity index (χ3n) is 5.53. The van der Waals surface area contributed by atoms with Crippen LogP contribution in [0.25, 0.3) is 33.9 Å². The van der Waals surface area contributed by atoms with E-state index >= 15 is 0 Å². The topological polar surface area (TPSA) is 9.23 Å². The van der Waals surface area contributed by atoms with Gasteiger partial charge in [-0.1, -0.05) is 42.0 Å². The number of hydrogen-bond donors (Lipinski definition) is 0. The van der Waals surface area contributed by atoms with E-state index in [-0.39, 0.29) is 17.2 Å². The van der Waals surface area contributed by atoms with Crippen LogP contribution in [0, 0.1) is 30.2 Å². The van der Waals surface area contributed by atoms with Crippen LogP contribution in [-0.4, -0.2) is 6.36 Å². The number of ether oxygens (including phenoxy) is 1. The fourth-order valence-corrected chi connectivity index (χ4v) is 3.69. The van der Waals surface area contributed by atoms with Gasteiger partial charge in [-0.3, -0.25) is 0 Å². The van der Waals surface area contributed by atoms with Crippen molar-refractivity contribution in [1.82, 2.24) is 0 Å². The molecule has 0 heterocycles. The van der Waals surface area contributed by atoms with Gasteiger partial charge in [0.25, 0.3) is 0 Å². The molecule has 0 atom stereocenters. The number of hydrogen-bond acceptors (Lipinski definition) is 1. The molecule has 4 aromatic rings. The molecule has 0 amide bonds. The molecule has 4 rings (SSSR count). The first-order chi connectivity index (χ1) is 17.8. The van der Waals surface area contributed by atoms with Crippen LogP contribution in [0.3, 0.4) is 0 Å². The van der Waals surface area contributed by atoms with Gasteiger partial charge in [0.15, 0.2) is 23.2 Å². The van der Waals surface area contributed by atoms with Gasteiger partial charge in [0.05, 0.1) is 5.56 Å². The SMILES string of the molecule is Cc1ccc(-c2ccc(-c3cc(F)c(/C(F)=C(\F)c4ccc(OC(F)(F)F)c(F)c4)c(F)c3)c(F)c2)cc1. The summed E-state index contributed by atoms with van der Waals surface area (Å²) in [5, 5.41) is 0. The summed E-state index contributed by atoms with van der Waals surface area (Å²) < 4.78 is 128. The van der Waals surface area contributed by atoms with Crippen molar-refractivity contribution in [2.75, 3.05) is 0 Å². The Morgan fingerprint density at radius 2 is 1.18 bits per heavy atom. The minimum absolute atomic E-state index is 0.172. The molecule has 0 saturated heterocycles. The number of rotatable bonds is 5. The number of benzene rings is 4. The summed E-state index contributed by atoms with van der Waals surface area (Å²) in [6.45, 7) is 1.88. The van der Waals surface area contributed by atoms with Crippen LogP contribution in [0.5, 0.6) is 5.75 Å². The maximum absolute atomic E-state index is 14.8. The highest BCUT2D eigenvalue weighted by molar-refractivity contribution is 5.84. The Labute approximate surface area is 210 Å². The molecule has 4 aromatic carbocycles. The summed E-state index contributed by atoms with van der Waals surface area (Å²) in [7, 11) is 0. The molecule has 0 N–H and O–H groups in total. The van der Waals surface area contributed by atoms with E-state index in [2.05, 4.69) is 4.74 Å². The molecule has 1 nitrogen and oxygen atoms in total. The Morgan fingerprint density at radius 1 is 0.605 bits per heavy atom. The second kappa shape index (κ2) is 10.3. The summed E-state index contributed by atoms with van der Waals surface area (Å²) in [6, 6.07) is 13.4. The van der Waals surface area contributed by atoms with E-state index < -0.39 is 58.2 Å². The Hall–Kier alpha value is -4.21. The average Bonchev–Trinajstić information content (AvgIpc) is 2.84. The van der Waals surface area contributed by atoms with E-state index in [9.17, 15) is 39.5 Å². The Kier molecular flexibility index (Phi) is 7.26. The third-order valence-corrected chi connectivity index (χ3v) is 5.53. The van der Waals surface area contributed by atoms with Crippen molar-refractivity contribution >= 4 is 11.7 Å². The van der Waals surface area contributed by atoms with E-state index in [1.807, 2.05) is 19.1 Å². The lowest BCUT2D eigenvalue weighted by atomic mass is 9.97. The van der Waals surface area contributed by atoms with Crippen molar-refractivity contribution < 1.29 is 44.3 Å². The van der Waals surface area contributed by atoms with Crippen LogP contribution in [0.1, 0.15) is 16.7 Å². The Morgan fingerprint density at radius 3 is 1.74 bits per heavy atom. The van der Waals surface area contributed by atoms with Gasteiger partial charge < -0.3 is 4.74 Å². The van der Waals surface area contributed by atoms with Crippen molar-refractivity contribution in [2.24, 2.45) is 0 Å². The zero-order chi connectivity index (χ0) is 27.8. The normalized spacial score (nSPS) is 12.4. The van der Waals surface area contributed by atoms with Gasteiger partial charge in [-0.05, 0) is 60.0 Å². The number of halogens is 9. The lowest BCUT2D eigenvalue weighted by molar-refractivity contribution is -0.275. The summed E-state index contributed by atoms with van der Waals surface area (Å²) in [5.41, 5.74) is -0.715. The zero-order valence-corrected chi connectivity index (χ0v) is 19.2. The molecule has 0 aliphatic carbocycles. The zero-order valence-electron chi connectivity index (χ0n) is 19.2. The van der Waals surface area contributed by atoms with Gasteiger partial charge in [-0.2, -0.15) is 0 Å². The lowest BCUT2D eigenvalue weighted by Gasteiger charge is -2.12. The Bertz CT molecular complexity index is 1510. The van der Waals surface area contributed by atoms with Crippen molar-refractivity contribution in [1.29, 1.82) is 0 Å². The van der Waals surface area contributed by atoms with Crippen molar-refractivity contribution in [3.63, 3.8) is 0 Å². The van der Waals surface area contributed by atoms with Crippen molar-refractivity contribution in [3.8, 4) is 28.0 Å². The van der Waals surface area contributed by atoms with Crippen LogP contribution >= 0.6 is 0 Å². The highest BCUT2D eigenvalue weighted by Crippen LogP contribution is 2.37. The van der Waals surface area contributed by atoms with Crippen LogP contribution in [0.4, 0.5) is 39.5 Å². The van der Waals surface area contributed by atoms with Gasteiger partial charge in [-0.15, -0.1) is 13.2 Å². The average molecular weight is 538 g/mol. The van der Waals surface area contributed by atoms with E-state index in [1.165, 1.54) is 12.1 Å². The van der Waals surface area contributed by atoms with Crippen molar-refractivity contribution in [3.05, 3.63) is 113 Å². The first kappa shape index (κ1) is 26.8. The third kappa shape index (κ3) is 5.69. The van der Waals surface area contributed by atoms with Crippen LogP contribution in [0.2, 0.25) is 0 Å². The predicted octanol–water partition coefficient (Wildman–Crippen LogP) is 9.55. The molecule has 0 fully saturated rings. The summed E-state index contributed by atoms with van der Waals surface area (Å²) >= 11 is 0. The highest BCUT2D eigenvalue weighted by atomic mass is 19.4. The van der Waals surface area contributed by atoms with E-state index in [0.29, 0.717) is 35.4 Å². The molecule has 0 aliphatic heterocycles. The van der Waals surface area contributed by atoms with Crippen molar-refractivity contribution in [2.45, 2.75) is 13.3 Å². The van der Waals surface area contributed by atoms with Crippen LogP contribution < -0.4 is 4.74 Å². The quantitative estimate of drug-likeness (QED) is 0.182. The number of aryl methyl sites for hydroxylation is 1. The molecule has 0 unspecified atom stereocenters. The van der Waals surface area contributed by atoms with Gasteiger partial charge >= 0.3 is 6.36 Å². The van der Waals surface area contributed by atoms with Gasteiger partial charge in [-0.25, -0.2) is 26.3 Å². The second-order valence-corrected chi connectivity index (χ2v) is 8.20. The van der Waals surface area contributed by atoms with E-state index in [1.54, 1.807) is 12.1 Å². The molecule has 196 valence electrons. The number of alkyl halides is 3. The lowest BCUT2D eigenvalue weighted by Crippen LogP contribution is -2.17. The summed E-state index contributed by atoms with van der Waals surface area (Å²) in [5.74, 6) is -11.0. The molecule has 10 heteroatoms. The molecule has 38 heavy (non-hydrogen) atoms. The molecular formula is C28H15F9O. The molecule has 0 radical (unpaired) electrons. The molecule has 0 aliphatic rings. The molecule has 0 spiro atoms. The van der Waals surface area contributed by atoms with Crippen LogP contribution in [-0.2, 0) is 0 Å². The predicted molar refractivity (Wildman–Crippen MR) is 124 cm³/mol. The maximum Gasteiger partial charge on any atom is 0.573 e. The molecule has 0 saturated carbocycles. The summed E-state index contributed by atoms with van der Waals surface area (Å²) in [4.78, 5) is 0. The summed E-state index contributed by atoms with van der Waals surface area (Å²) in [6.07, 6.45) is -5.24.